The van der Waals surface area contributed by atoms with Crippen molar-refractivity contribution < 1.29 is 17.9 Å². The van der Waals surface area contributed by atoms with Gasteiger partial charge in [-0.15, -0.1) is 0 Å². The molecule has 2 aromatic carbocycles. The third-order valence-corrected chi connectivity index (χ3v) is 7.65. The fraction of sp³-hybridized carbons (Fsp3) is 0.381. The molecule has 29 heavy (non-hydrogen) atoms. The summed E-state index contributed by atoms with van der Waals surface area (Å²) in [6.07, 6.45) is 1.33. The Kier molecular flexibility index (Phi) is 5.31. The van der Waals surface area contributed by atoms with E-state index < -0.39 is 15.6 Å². The topological polar surface area (TPSA) is 66.9 Å². The average Bonchev–Trinajstić information content (AvgIpc) is 2.85. The van der Waals surface area contributed by atoms with Crippen LogP contribution in [0.3, 0.4) is 0 Å². The molecule has 0 aromatic heterocycles. The normalized spacial score (nSPS) is 22.6. The molecule has 2 aliphatic rings. The van der Waals surface area contributed by atoms with Crippen LogP contribution in [0.15, 0.2) is 53.4 Å². The molecule has 0 radical (unpaired) electrons. The van der Waals surface area contributed by atoms with Crippen LogP contribution in [0.25, 0.3) is 0 Å². The molecule has 6 nitrogen and oxygen atoms in total. The third-order valence-electron chi connectivity index (χ3n) is 5.54. The van der Waals surface area contributed by atoms with E-state index in [0.29, 0.717) is 43.2 Å². The van der Waals surface area contributed by atoms with Gasteiger partial charge in [0, 0.05) is 30.6 Å². The summed E-state index contributed by atoms with van der Waals surface area (Å²) in [5.74, 6) is 0.657. The summed E-state index contributed by atoms with van der Waals surface area (Å²) in [5, 5.41) is 0.486. The number of rotatable bonds is 2. The molecule has 1 spiro atoms. The van der Waals surface area contributed by atoms with Crippen molar-refractivity contribution in [3.8, 4) is 5.75 Å². The molecule has 0 bridgehead atoms. The number of carbonyl (C=O) groups excluding carboxylic acids is 1. The summed E-state index contributed by atoms with van der Waals surface area (Å²) < 4.78 is 34.3. The van der Waals surface area contributed by atoms with Gasteiger partial charge in [0.2, 0.25) is 15.9 Å². The predicted octanol–water partition coefficient (Wildman–Crippen LogP) is 3.30. The number of carbonyl (C=O) groups is 1. The van der Waals surface area contributed by atoms with Crippen LogP contribution in [0.2, 0.25) is 5.02 Å². The van der Waals surface area contributed by atoms with Crippen molar-refractivity contribution in [3.05, 3.63) is 59.1 Å². The first kappa shape index (κ1) is 20.2. The van der Waals surface area contributed by atoms with Crippen LogP contribution < -0.4 is 4.74 Å². The fourth-order valence-corrected chi connectivity index (χ4v) is 5.74. The minimum atomic E-state index is -3.69. The molecule has 2 aliphatic heterocycles. The van der Waals surface area contributed by atoms with Crippen molar-refractivity contribution in [1.82, 2.24) is 9.21 Å². The molecule has 1 amide bonds. The van der Waals surface area contributed by atoms with Gasteiger partial charge in [-0.2, -0.15) is 4.31 Å². The van der Waals surface area contributed by atoms with Gasteiger partial charge in [-0.05, 0) is 43.2 Å². The van der Waals surface area contributed by atoms with Crippen LogP contribution >= 0.6 is 11.6 Å². The number of hydrogen-bond acceptors (Lipinski definition) is 4. The highest BCUT2D eigenvalue weighted by atomic mass is 35.5. The summed E-state index contributed by atoms with van der Waals surface area (Å²) in [6, 6.07) is 13.8. The molecule has 1 fully saturated rings. The van der Waals surface area contributed by atoms with Crippen LogP contribution in [-0.2, 0) is 21.4 Å². The molecule has 2 heterocycles. The van der Waals surface area contributed by atoms with Crippen LogP contribution in [0.4, 0.5) is 0 Å². The lowest BCUT2D eigenvalue weighted by Crippen LogP contribution is -2.58. The molecule has 154 valence electrons. The molecule has 8 heteroatoms. The highest BCUT2D eigenvalue weighted by Gasteiger charge is 2.45. The zero-order chi connectivity index (χ0) is 20.6. The van der Waals surface area contributed by atoms with Gasteiger partial charge in [-0.1, -0.05) is 29.8 Å². The first-order chi connectivity index (χ1) is 13.8. The van der Waals surface area contributed by atoms with E-state index in [1.807, 2.05) is 24.3 Å². The Balaban J connectivity index is 1.68. The SMILES string of the molecule is CC(=O)N1Cc2ccccc2O[C@@]2(CCCN(S(=O)(=O)c3ccc(Cl)cc3)C2)C1. The maximum atomic E-state index is 13.2. The lowest BCUT2D eigenvalue weighted by Gasteiger charge is -2.43. The molecule has 0 saturated carbocycles. The molecule has 0 aliphatic carbocycles. The Labute approximate surface area is 176 Å². The van der Waals surface area contributed by atoms with Gasteiger partial charge in [0.05, 0.1) is 18.0 Å². The Hall–Kier alpha value is -2.09. The zero-order valence-corrected chi connectivity index (χ0v) is 17.7. The van der Waals surface area contributed by atoms with Crippen LogP contribution in [-0.4, -0.2) is 48.8 Å². The van der Waals surface area contributed by atoms with Gasteiger partial charge < -0.3 is 9.64 Å². The lowest BCUT2D eigenvalue weighted by atomic mass is 9.93. The standard InChI is InChI=1S/C21H23ClN2O4S/c1-16(25)23-13-17-5-2-3-6-20(17)28-21(14-23)11-4-12-24(15-21)29(26,27)19-9-7-18(22)8-10-19/h2-3,5-10H,4,11-15H2,1H3/t21-/m0/s1. The number of fused-ring (bicyclic) bond motifs is 1. The molecular weight excluding hydrogens is 412 g/mol. The molecule has 2 aromatic rings. The van der Waals surface area contributed by atoms with E-state index >= 15 is 0 Å². The van der Waals surface area contributed by atoms with E-state index in [4.69, 9.17) is 16.3 Å². The molecule has 1 saturated heterocycles. The van der Waals surface area contributed by atoms with E-state index in [1.165, 1.54) is 23.4 Å². The number of halogens is 1. The number of ether oxygens (including phenoxy) is 1. The van der Waals surface area contributed by atoms with Crippen molar-refractivity contribution in [1.29, 1.82) is 0 Å². The third kappa shape index (κ3) is 3.99. The summed E-state index contributed by atoms with van der Waals surface area (Å²) in [7, 11) is -3.69. The van der Waals surface area contributed by atoms with Crippen molar-refractivity contribution in [2.75, 3.05) is 19.6 Å². The quantitative estimate of drug-likeness (QED) is 0.727. The molecule has 0 N–H and O–H groups in total. The summed E-state index contributed by atoms with van der Waals surface area (Å²) in [5.41, 5.74) is 0.146. The molecule has 1 atom stereocenters. The van der Waals surface area contributed by atoms with Gasteiger partial charge in [0.25, 0.3) is 0 Å². The second-order valence-corrected chi connectivity index (χ2v) is 10.0. The summed E-state index contributed by atoms with van der Waals surface area (Å²) in [4.78, 5) is 14.2. The van der Waals surface area contributed by atoms with Crippen LogP contribution in [0.5, 0.6) is 5.75 Å². The van der Waals surface area contributed by atoms with Gasteiger partial charge in [-0.25, -0.2) is 8.42 Å². The number of piperidine rings is 1. The molecule has 0 unspecified atom stereocenters. The summed E-state index contributed by atoms with van der Waals surface area (Å²) >= 11 is 5.91. The monoisotopic (exact) mass is 434 g/mol. The van der Waals surface area contributed by atoms with Crippen molar-refractivity contribution in [2.24, 2.45) is 0 Å². The molecular formula is C21H23ClN2O4S. The lowest BCUT2D eigenvalue weighted by molar-refractivity contribution is -0.132. The van der Waals surface area contributed by atoms with Crippen molar-refractivity contribution >= 4 is 27.5 Å². The number of sulfonamides is 1. The number of benzene rings is 2. The average molecular weight is 435 g/mol. The fourth-order valence-electron chi connectivity index (χ4n) is 4.06. The van der Waals surface area contributed by atoms with Gasteiger partial charge in [0.1, 0.15) is 11.4 Å². The molecule has 4 rings (SSSR count). The Morgan fingerprint density at radius 3 is 2.55 bits per heavy atom. The Morgan fingerprint density at radius 2 is 1.83 bits per heavy atom. The zero-order valence-electron chi connectivity index (χ0n) is 16.2. The predicted molar refractivity (Wildman–Crippen MR) is 110 cm³/mol. The smallest absolute Gasteiger partial charge is 0.243 e. The number of nitrogens with zero attached hydrogens (tertiary/aromatic N) is 2. The maximum absolute atomic E-state index is 13.2. The van der Waals surface area contributed by atoms with Crippen molar-refractivity contribution in [3.63, 3.8) is 0 Å². The Bertz CT molecular complexity index is 1030. The Morgan fingerprint density at radius 1 is 1.10 bits per heavy atom. The van der Waals surface area contributed by atoms with E-state index in [-0.39, 0.29) is 17.3 Å². The van der Waals surface area contributed by atoms with Gasteiger partial charge in [0.15, 0.2) is 0 Å². The summed E-state index contributed by atoms with van der Waals surface area (Å²) in [6.45, 7) is 2.95. The van der Waals surface area contributed by atoms with E-state index in [9.17, 15) is 13.2 Å². The van der Waals surface area contributed by atoms with Crippen LogP contribution in [0.1, 0.15) is 25.3 Å². The van der Waals surface area contributed by atoms with E-state index in [1.54, 1.807) is 17.0 Å². The first-order valence-corrected chi connectivity index (χ1v) is 11.4. The number of amides is 1. The second kappa shape index (κ2) is 7.63. The van der Waals surface area contributed by atoms with E-state index in [0.717, 1.165) is 5.56 Å². The van der Waals surface area contributed by atoms with Gasteiger partial charge in [-0.3, -0.25) is 4.79 Å². The van der Waals surface area contributed by atoms with Crippen LogP contribution in [0, 0.1) is 0 Å². The van der Waals surface area contributed by atoms with Gasteiger partial charge >= 0.3 is 0 Å². The highest BCUT2D eigenvalue weighted by Crippen LogP contribution is 2.36. The first-order valence-electron chi connectivity index (χ1n) is 9.57. The minimum absolute atomic E-state index is 0.0534. The largest absolute Gasteiger partial charge is 0.484 e. The highest BCUT2D eigenvalue weighted by molar-refractivity contribution is 7.89. The number of para-hydroxylation sites is 1. The minimum Gasteiger partial charge on any atom is -0.484 e. The second-order valence-electron chi connectivity index (χ2n) is 7.66. The van der Waals surface area contributed by atoms with E-state index in [2.05, 4.69) is 0 Å². The van der Waals surface area contributed by atoms with Crippen molar-refractivity contribution in [2.45, 2.75) is 36.8 Å². The number of hydrogen-bond donors (Lipinski definition) is 0. The maximum Gasteiger partial charge on any atom is 0.243 e.